The summed E-state index contributed by atoms with van der Waals surface area (Å²) in [6.45, 7) is 3.14. The summed E-state index contributed by atoms with van der Waals surface area (Å²) < 4.78 is 12.8. The minimum Gasteiger partial charge on any atom is -0.494 e. The van der Waals surface area contributed by atoms with Gasteiger partial charge in [-0.15, -0.1) is 11.3 Å². The number of piperidine rings is 1. The molecule has 0 saturated carbocycles. The zero-order valence-electron chi connectivity index (χ0n) is 15.1. The molecule has 0 radical (unpaired) electrons. The highest BCUT2D eigenvalue weighted by Crippen LogP contribution is 2.31. The number of hydrogen-bond acceptors (Lipinski definition) is 6. The largest absolute Gasteiger partial charge is 0.494 e. The van der Waals surface area contributed by atoms with Gasteiger partial charge >= 0.3 is 0 Å². The van der Waals surface area contributed by atoms with Crippen molar-refractivity contribution in [1.29, 1.82) is 0 Å². The average Bonchev–Trinajstić information content (AvgIpc) is 3.33. The summed E-state index contributed by atoms with van der Waals surface area (Å²) in [6.07, 6.45) is 4.30. The molecule has 3 heterocycles. The Bertz CT molecular complexity index is 899. The number of fused-ring (bicyclic) bond motifs is 1. The number of thiophene rings is 1. The smallest absolute Gasteiger partial charge is 0.253 e. The van der Waals surface area contributed by atoms with Gasteiger partial charge in [0.1, 0.15) is 5.75 Å². The fourth-order valence-electron chi connectivity index (χ4n) is 3.26. The number of rotatable bonds is 7. The van der Waals surface area contributed by atoms with Crippen molar-refractivity contribution in [2.75, 3.05) is 31.6 Å². The van der Waals surface area contributed by atoms with Gasteiger partial charge in [0.25, 0.3) is 5.91 Å². The van der Waals surface area contributed by atoms with Gasteiger partial charge in [-0.05, 0) is 66.9 Å². The second-order valence-electron chi connectivity index (χ2n) is 6.65. The Morgan fingerprint density at radius 1 is 1.22 bits per heavy atom. The van der Waals surface area contributed by atoms with E-state index in [1.165, 1.54) is 27.4 Å². The quantitative estimate of drug-likeness (QED) is 0.574. The topological polar surface area (TPSA) is 54.5 Å². The monoisotopic (exact) mass is 401 g/mol. The van der Waals surface area contributed by atoms with Crippen LogP contribution in [0, 0.1) is 0 Å². The third kappa shape index (κ3) is 4.42. The second-order valence-corrected chi connectivity index (χ2v) is 8.38. The lowest BCUT2D eigenvalue weighted by Crippen LogP contribution is -2.35. The molecule has 0 bridgehead atoms. The van der Waals surface area contributed by atoms with E-state index < -0.39 is 0 Å². The predicted molar refractivity (Wildman–Crippen MR) is 112 cm³/mol. The minimum atomic E-state index is 0.116. The third-order valence-electron chi connectivity index (χ3n) is 4.69. The second kappa shape index (κ2) is 8.71. The van der Waals surface area contributed by atoms with E-state index in [-0.39, 0.29) is 5.91 Å². The summed E-state index contributed by atoms with van der Waals surface area (Å²) in [5.41, 5.74) is 0.718. The summed E-state index contributed by atoms with van der Waals surface area (Å²) in [7, 11) is 0. The SMILES string of the molecule is O=C(c1cccc(OCCCNc2nsc3ccsc23)c1)N1CCCCC1. The van der Waals surface area contributed by atoms with Gasteiger partial charge in [0.05, 0.1) is 16.0 Å². The Morgan fingerprint density at radius 3 is 3.00 bits per heavy atom. The van der Waals surface area contributed by atoms with Crippen molar-refractivity contribution in [3.05, 3.63) is 41.3 Å². The molecule has 3 aromatic rings. The number of benzene rings is 1. The van der Waals surface area contributed by atoms with Gasteiger partial charge in [-0.3, -0.25) is 4.79 Å². The van der Waals surface area contributed by atoms with E-state index >= 15 is 0 Å². The molecule has 0 unspecified atom stereocenters. The predicted octanol–water partition coefficient (Wildman–Crippen LogP) is 4.86. The van der Waals surface area contributed by atoms with Crippen LogP contribution in [0.5, 0.6) is 5.75 Å². The van der Waals surface area contributed by atoms with Crippen LogP contribution in [-0.4, -0.2) is 41.4 Å². The molecular weight excluding hydrogens is 378 g/mol. The molecule has 4 rings (SSSR count). The van der Waals surface area contributed by atoms with Crippen molar-refractivity contribution < 1.29 is 9.53 Å². The first-order chi connectivity index (χ1) is 13.3. The maximum Gasteiger partial charge on any atom is 0.253 e. The van der Waals surface area contributed by atoms with E-state index in [1.54, 1.807) is 11.3 Å². The zero-order chi connectivity index (χ0) is 18.5. The summed E-state index contributed by atoms with van der Waals surface area (Å²) in [4.78, 5) is 14.6. The van der Waals surface area contributed by atoms with Crippen molar-refractivity contribution in [3.8, 4) is 5.75 Å². The molecule has 0 aliphatic carbocycles. The van der Waals surface area contributed by atoms with Crippen molar-refractivity contribution in [2.24, 2.45) is 0 Å². The Labute approximate surface area is 167 Å². The summed E-state index contributed by atoms with van der Waals surface area (Å²) in [5, 5.41) is 5.47. The van der Waals surface area contributed by atoms with E-state index in [0.717, 1.165) is 56.0 Å². The van der Waals surface area contributed by atoms with Crippen molar-refractivity contribution in [1.82, 2.24) is 9.27 Å². The molecule has 1 N–H and O–H groups in total. The van der Waals surface area contributed by atoms with E-state index in [4.69, 9.17) is 4.74 Å². The molecule has 142 valence electrons. The van der Waals surface area contributed by atoms with Crippen LogP contribution in [-0.2, 0) is 0 Å². The molecule has 0 atom stereocenters. The number of nitrogens with one attached hydrogen (secondary N) is 1. The van der Waals surface area contributed by atoms with E-state index in [1.807, 2.05) is 29.2 Å². The Kier molecular flexibility index (Phi) is 5.89. The van der Waals surface area contributed by atoms with Crippen molar-refractivity contribution in [2.45, 2.75) is 25.7 Å². The van der Waals surface area contributed by atoms with E-state index in [0.29, 0.717) is 6.61 Å². The first-order valence-corrected chi connectivity index (χ1v) is 11.1. The lowest BCUT2D eigenvalue weighted by atomic mass is 10.1. The van der Waals surface area contributed by atoms with Crippen LogP contribution in [0.2, 0.25) is 0 Å². The maximum atomic E-state index is 12.6. The first-order valence-electron chi connectivity index (χ1n) is 9.40. The summed E-state index contributed by atoms with van der Waals surface area (Å²) in [5.74, 6) is 1.84. The van der Waals surface area contributed by atoms with Gasteiger partial charge in [0.2, 0.25) is 0 Å². The van der Waals surface area contributed by atoms with Crippen LogP contribution in [0.1, 0.15) is 36.0 Å². The van der Waals surface area contributed by atoms with Gasteiger partial charge < -0.3 is 15.0 Å². The van der Waals surface area contributed by atoms with Crippen LogP contribution in [0.3, 0.4) is 0 Å². The molecule has 7 heteroatoms. The number of ether oxygens (including phenoxy) is 1. The van der Waals surface area contributed by atoms with Gasteiger partial charge in [0.15, 0.2) is 5.82 Å². The molecule has 2 aromatic heterocycles. The fraction of sp³-hybridized carbons (Fsp3) is 0.400. The molecule has 0 spiro atoms. The molecule has 1 saturated heterocycles. The van der Waals surface area contributed by atoms with E-state index in [2.05, 4.69) is 21.1 Å². The highest BCUT2D eigenvalue weighted by atomic mass is 32.1. The third-order valence-corrected chi connectivity index (χ3v) is 6.55. The Balaban J connectivity index is 1.25. The van der Waals surface area contributed by atoms with Crippen LogP contribution < -0.4 is 10.1 Å². The van der Waals surface area contributed by atoms with Crippen LogP contribution in [0.15, 0.2) is 35.7 Å². The number of aromatic nitrogens is 1. The van der Waals surface area contributed by atoms with Crippen LogP contribution >= 0.6 is 22.9 Å². The van der Waals surface area contributed by atoms with E-state index in [9.17, 15) is 4.79 Å². The fourth-order valence-corrected chi connectivity index (χ4v) is 5.07. The number of anilines is 1. The lowest BCUT2D eigenvalue weighted by molar-refractivity contribution is 0.0724. The first kappa shape index (κ1) is 18.3. The van der Waals surface area contributed by atoms with Gasteiger partial charge in [-0.1, -0.05) is 6.07 Å². The molecule has 1 aliphatic rings. The number of likely N-dealkylation sites (tertiary alicyclic amines) is 1. The van der Waals surface area contributed by atoms with Crippen molar-refractivity contribution >= 4 is 44.0 Å². The number of hydrogen-bond donors (Lipinski definition) is 1. The van der Waals surface area contributed by atoms with Gasteiger partial charge in [-0.25, -0.2) is 0 Å². The molecule has 27 heavy (non-hydrogen) atoms. The molecule has 1 amide bonds. The normalized spacial score (nSPS) is 14.4. The Morgan fingerprint density at radius 2 is 2.11 bits per heavy atom. The Hall–Kier alpha value is -2.12. The van der Waals surface area contributed by atoms with Gasteiger partial charge in [-0.2, -0.15) is 4.37 Å². The average molecular weight is 402 g/mol. The van der Waals surface area contributed by atoms with Crippen LogP contribution in [0.4, 0.5) is 5.82 Å². The standard InChI is InChI=1S/C20H23N3O2S2/c24-20(23-10-2-1-3-11-23)15-6-4-7-16(14-15)25-12-5-9-21-19-18-17(27-22-19)8-13-26-18/h4,6-8,13-14H,1-3,5,9-12H2,(H,21,22). The van der Waals surface area contributed by atoms with Crippen LogP contribution in [0.25, 0.3) is 9.40 Å². The summed E-state index contributed by atoms with van der Waals surface area (Å²) in [6, 6.07) is 9.65. The summed E-state index contributed by atoms with van der Waals surface area (Å²) >= 11 is 3.24. The molecule has 1 fully saturated rings. The number of carbonyl (C=O) groups is 1. The lowest BCUT2D eigenvalue weighted by Gasteiger charge is -2.26. The number of amides is 1. The molecule has 1 aliphatic heterocycles. The minimum absolute atomic E-state index is 0.116. The zero-order valence-corrected chi connectivity index (χ0v) is 16.8. The number of nitrogens with zero attached hydrogens (tertiary/aromatic N) is 2. The molecule has 1 aromatic carbocycles. The highest BCUT2D eigenvalue weighted by molar-refractivity contribution is 7.25. The molecule has 5 nitrogen and oxygen atoms in total. The highest BCUT2D eigenvalue weighted by Gasteiger charge is 2.18. The van der Waals surface area contributed by atoms with Crippen molar-refractivity contribution in [3.63, 3.8) is 0 Å². The molecular formula is C20H23N3O2S2. The van der Waals surface area contributed by atoms with Gasteiger partial charge in [0, 0.05) is 25.2 Å². The maximum absolute atomic E-state index is 12.6. The number of carbonyl (C=O) groups excluding carboxylic acids is 1.